The highest BCUT2D eigenvalue weighted by Crippen LogP contribution is 2.28. The summed E-state index contributed by atoms with van der Waals surface area (Å²) in [7, 11) is 0. The van der Waals surface area contributed by atoms with E-state index in [2.05, 4.69) is 9.72 Å². The van der Waals surface area contributed by atoms with Crippen LogP contribution in [0.2, 0.25) is 0 Å². The third-order valence-corrected chi connectivity index (χ3v) is 1.30. The van der Waals surface area contributed by atoms with E-state index in [-0.39, 0.29) is 0 Å². The van der Waals surface area contributed by atoms with Gasteiger partial charge in [0.2, 0.25) is 5.95 Å². The van der Waals surface area contributed by atoms with Crippen LogP contribution in [0.3, 0.4) is 0 Å². The molecule has 0 amide bonds. The largest absolute Gasteiger partial charge is 0.573 e. The molecule has 80 valence electrons. The number of anilines is 1. The second-order valence-corrected chi connectivity index (χ2v) is 2.37. The van der Waals surface area contributed by atoms with Crippen molar-refractivity contribution in [2.24, 2.45) is 0 Å². The molecule has 0 atom stereocenters. The fourth-order valence-corrected chi connectivity index (χ4v) is 0.816. The SMILES string of the molecule is N#Cc1c(OC(F)(F)F)cc(N)nc1F. The fourth-order valence-electron chi connectivity index (χ4n) is 0.816. The maximum absolute atomic E-state index is 12.8. The van der Waals surface area contributed by atoms with E-state index >= 15 is 0 Å². The molecule has 0 saturated carbocycles. The molecule has 15 heavy (non-hydrogen) atoms. The highest BCUT2D eigenvalue weighted by atomic mass is 19.4. The molecule has 8 heteroatoms. The van der Waals surface area contributed by atoms with E-state index in [1.807, 2.05) is 0 Å². The van der Waals surface area contributed by atoms with Gasteiger partial charge in [-0.2, -0.15) is 9.65 Å². The Bertz CT molecular complexity index is 423. The van der Waals surface area contributed by atoms with Crippen molar-refractivity contribution in [3.05, 3.63) is 17.6 Å². The van der Waals surface area contributed by atoms with E-state index in [1.165, 1.54) is 6.07 Å². The number of rotatable bonds is 1. The lowest BCUT2D eigenvalue weighted by Crippen LogP contribution is -2.18. The summed E-state index contributed by atoms with van der Waals surface area (Å²) in [6, 6.07) is 1.82. The van der Waals surface area contributed by atoms with Crippen LogP contribution in [-0.2, 0) is 0 Å². The van der Waals surface area contributed by atoms with Crippen LogP contribution in [0.5, 0.6) is 5.75 Å². The molecule has 1 rings (SSSR count). The van der Waals surface area contributed by atoms with Gasteiger partial charge in [-0.3, -0.25) is 0 Å². The minimum Gasteiger partial charge on any atom is -0.404 e. The number of nitriles is 1. The zero-order valence-electron chi connectivity index (χ0n) is 6.97. The van der Waals surface area contributed by atoms with Crippen LogP contribution < -0.4 is 10.5 Å². The first-order valence-corrected chi connectivity index (χ1v) is 3.45. The highest BCUT2D eigenvalue weighted by molar-refractivity contribution is 5.48. The molecule has 1 heterocycles. The van der Waals surface area contributed by atoms with Crippen LogP contribution in [0.1, 0.15) is 5.56 Å². The van der Waals surface area contributed by atoms with E-state index in [9.17, 15) is 17.6 Å². The smallest absolute Gasteiger partial charge is 0.404 e. The summed E-state index contributed by atoms with van der Waals surface area (Å²) in [5, 5.41) is 8.37. The first-order valence-electron chi connectivity index (χ1n) is 3.45. The van der Waals surface area contributed by atoms with Crippen molar-refractivity contribution in [2.75, 3.05) is 5.73 Å². The minimum absolute atomic E-state index is 0.509. The number of nitrogens with zero attached hydrogens (tertiary/aromatic N) is 2. The third-order valence-electron chi connectivity index (χ3n) is 1.30. The Balaban J connectivity index is 3.23. The monoisotopic (exact) mass is 221 g/mol. The first kappa shape index (κ1) is 11.0. The molecular formula is C7H3F4N3O. The van der Waals surface area contributed by atoms with Gasteiger partial charge in [0.05, 0.1) is 0 Å². The molecule has 0 spiro atoms. The van der Waals surface area contributed by atoms with Crippen molar-refractivity contribution in [1.82, 2.24) is 4.98 Å². The maximum Gasteiger partial charge on any atom is 0.573 e. The number of alkyl halides is 3. The average molecular weight is 221 g/mol. The summed E-state index contributed by atoms with van der Waals surface area (Å²) in [5.41, 5.74) is 4.05. The van der Waals surface area contributed by atoms with Gasteiger partial charge < -0.3 is 10.5 Å². The second kappa shape index (κ2) is 3.61. The summed E-state index contributed by atoms with van der Waals surface area (Å²) in [6.07, 6.45) is -5.02. The predicted molar refractivity (Wildman–Crippen MR) is 40.0 cm³/mol. The van der Waals surface area contributed by atoms with E-state index in [0.717, 1.165) is 0 Å². The first-order chi connectivity index (χ1) is 6.83. The molecule has 0 fully saturated rings. The summed E-state index contributed by atoms with van der Waals surface area (Å²) < 4.78 is 51.6. The number of halogens is 4. The van der Waals surface area contributed by atoms with E-state index < -0.39 is 29.4 Å². The van der Waals surface area contributed by atoms with Crippen molar-refractivity contribution >= 4 is 5.82 Å². The van der Waals surface area contributed by atoms with Crippen molar-refractivity contribution < 1.29 is 22.3 Å². The second-order valence-electron chi connectivity index (χ2n) is 2.37. The Hall–Kier alpha value is -2.04. The van der Waals surface area contributed by atoms with Gasteiger partial charge in [0, 0.05) is 6.07 Å². The quantitative estimate of drug-likeness (QED) is 0.577. The van der Waals surface area contributed by atoms with Crippen LogP contribution in [0.25, 0.3) is 0 Å². The van der Waals surface area contributed by atoms with Gasteiger partial charge in [0.15, 0.2) is 5.75 Å². The summed E-state index contributed by atoms with van der Waals surface area (Å²) in [5.74, 6) is -2.92. The number of pyridine rings is 1. The molecule has 0 aromatic carbocycles. The van der Waals surface area contributed by atoms with Gasteiger partial charge >= 0.3 is 6.36 Å². The summed E-state index contributed by atoms with van der Waals surface area (Å²) in [6.45, 7) is 0. The summed E-state index contributed by atoms with van der Waals surface area (Å²) in [4.78, 5) is 2.98. The van der Waals surface area contributed by atoms with Crippen LogP contribution in [0.15, 0.2) is 6.07 Å². The molecule has 1 aromatic rings. The topological polar surface area (TPSA) is 71.9 Å². The predicted octanol–water partition coefficient (Wildman–Crippen LogP) is 1.57. The molecule has 0 aliphatic carbocycles. The van der Waals surface area contributed by atoms with Crippen LogP contribution in [0.4, 0.5) is 23.4 Å². The Kier molecular flexibility index (Phi) is 2.65. The Morgan fingerprint density at radius 2 is 2.07 bits per heavy atom. The zero-order chi connectivity index (χ0) is 11.6. The minimum atomic E-state index is -5.02. The summed E-state index contributed by atoms with van der Waals surface area (Å²) >= 11 is 0. The number of ether oxygens (including phenoxy) is 1. The van der Waals surface area contributed by atoms with Gasteiger partial charge in [0.1, 0.15) is 17.5 Å². The lowest BCUT2D eigenvalue weighted by molar-refractivity contribution is -0.274. The van der Waals surface area contributed by atoms with Gasteiger partial charge in [-0.1, -0.05) is 0 Å². The van der Waals surface area contributed by atoms with Crippen molar-refractivity contribution in [3.8, 4) is 11.8 Å². The van der Waals surface area contributed by atoms with Gasteiger partial charge in [0.25, 0.3) is 0 Å². The Morgan fingerprint density at radius 1 is 1.47 bits per heavy atom. The number of aromatic nitrogens is 1. The van der Waals surface area contributed by atoms with E-state index in [1.54, 1.807) is 0 Å². The number of nitrogens with two attached hydrogens (primary N) is 1. The molecule has 1 aromatic heterocycles. The highest BCUT2D eigenvalue weighted by Gasteiger charge is 2.33. The molecule has 0 bridgehead atoms. The normalized spacial score (nSPS) is 10.9. The fraction of sp³-hybridized carbons (Fsp3) is 0.143. The molecule has 4 nitrogen and oxygen atoms in total. The number of hydrogen-bond acceptors (Lipinski definition) is 4. The number of hydrogen-bond donors (Lipinski definition) is 1. The lowest BCUT2D eigenvalue weighted by atomic mass is 10.2. The average Bonchev–Trinajstić information content (AvgIpc) is 1.99. The molecule has 0 unspecified atom stereocenters. The van der Waals surface area contributed by atoms with Crippen LogP contribution >= 0.6 is 0 Å². The van der Waals surface area contributed by atoms with E-state index in [0.29, 0.717) is 6.07 Å². The Morgan fingerprint density at radius 3 is 2.53 bits per heavy atom. The van der Waals surface area contributed by atoms with Crippen molar-refractivity contribution in [1.29, 1.82) is 5.26 Å². The molecule has 0 saturated heterocycles. The van der Waals surface area contributed by atoms with Gasteiger partial charge in [-0.05, 0) is 0 Å². The van der Waals surface area contributed by atoms with Crippen molar-refractivity contribution in [3.63, 3.8) is 0 Å². The van der Waals surface area contributed by atoms with E-state index in [4.69, 9.17) is 11.0 Å². The standard InChI is InChI=1S/C7H3F4N3O/c8-6-3(2-12)4(1-5(13)14-6)15-7(9,10)11/h1H,(H2,13,14). The maximum atomic E-state index is 12.8. The lowest BCUT2D eigenvalue weighted by Gasteiger charge is -2.10. The van der Waals surface area contributed by atoms with Crippen LogP contribution in [0, 0.1) is 17.3 Å². The van der Waals surface area contributed by atoms with Crippen molar-refractivity contribution in [2.45, 2.75) is 6.36 Å². The molecule has 2 N–H and O–H groups in total. The van der Waals surface area contributed by atoms with Gasteiger partial charge in [-0.15, -0.1) is 13.2 Å². The molecule has 0 radical (unpaired) electrons. The zero-order valence-corrected chi connectivity index (χ0v) is 6.97. The van der Waals surface area contributed by atoms with Gasteiger partial charge in [-0.25, -0.2) is 4.98 Å². The third kappa shape index (κ3) is 2.70. The number of nitrogen functional groups attached to an aromatic ring is 1. The molecular weight excluding hydrogens is 218 g/mol. The Labute approximate surface area is 80.9 Å². The molecule has 0 aliphatic heterocycles. The van der Waals surface area contributed by atoms with Crippen LogP contribution in [-0.4, -0.2) is 11.3 Å². The molecule has 0 aliphatic rings.